The Labute approximate surface area is 158 Å². The summed E-state index contributed by atoms with van der Waals surface area (Å²) in [5.41, 5.74) is 0. The first-order valence-corrected chi connectivity index (χ1v) is 11.0. The van der Waals surface area contributed by atoms with Crippen LogP contribution in [0.4, 0.5) is 0 Å². The van der Waals surface area contributed by atoms with E-state index in [1.54, 1.807) is 0 Å². The molecule has 6 heteroatoms. The van der Waals surface area contributed by atoms with Crippen molar-refractivity contribution in [2.24, 2.45) is 10.9 Å². The molecule has 2 fully saturated rings. The minimum Gasteiger partial charge on any atom is -0.389 e. The van der Waals surface area contributed by atoms with Crippen LogP contribution in [0.25, 0.3) is 0 Å². The van der Waals surface area contributed by atoms with Crippen LogP contribution in [0, 0.1) is 5.92 Å². The molecule has 0 aromatic heterocycles. The number of hydrogen-bond donors (Lipinski definition) is 2. The molecule has 1 spiro atoms. The number of guanidine groups is 1. The van der Waals surface area contributed by atoms with Crippen LogP contribution in [0.5, 0.6) is 0 Å². The molecule has 146 valence electrons. The van der Waals surface area contributed by atoms with Gasteiger partial charge in [0.25, 0.3) is 0 Å². The second-order valence-corrected chi connectivity index (χ2v) is 9.36. The van der Waals surface area contributed by atoms with Crippen LogP contribution in [0.2, 0.25) is 0 Å². The predicted molar refractivity (Wildman–Crippen MR) is 107 cm³/mol. The minimum atomic E-state index is -0.532. The van der Waals surface area contributed by atoms with E-state index < -0.39 is 6.10 Å². The van der Waals surface area contributed by atoms with Gasteiger partial charge in [-0.05, 0) is 25.7 Å². The molecule has 1 heterocycles. The van der Waals surface area contributed by atoms with E-state index in [0.717, 1.165) is 25.6 Å². The number of hydrogen-bond acceptors (Lipinski definition) is 4. The summed E-state index contributed by atoms with van der Waals surface area (Å²) in [4.78, 5) is 7.11. The van der Waals surface area contributed by atoms with Crippen LogP contribution >= 0.6 is 11.8 Å². The van der Waals surface area contributed by atoms with E-state index in [2.05, 4.69) is 42.7 Å². The molecule has 2 rings (SSSR count). The number of aliphatic hydroxyl groups excluding tert-OH is 1. The van der Waals surface area contributed by atoms with Gasteiger partial charge in [0.05, 0.1) is 19.3 Å². The second kappa shape index (κ2) is 10.6. The number of thioether (sulfide) groups is 1. The fraction of sp³-hybridized carbons (Fsp3) is 0.947. The highest BCUT2D eigenvalue weighted by atomic mass is 32.2. The molecule has 0 bridgehead atoms. The third kappa shape index (κ3) is 6.99. The normalized spacial score (nSPS) is 22.4. The van der Waals surface area contributed by atoms with Gasteiger partial charge in [0.2, 0.25) is 0 Å². The lowest BCUT2D eigenvalue weighted by molar-refractivity contribution is 0.0300. The fourth-order valence-electron chi connectivity index (χ4n) is 3.63. The van der Waals surface area contributed by atoms with Crippen LogP contribution in [0.3, 0.4) is 0 Å². The van der Waals surface area contributed by atoms with Crippen molar-refractivity contribution in [1.82, 2.24) is 10.2 Å². The Morgan fingerprint density at radius 3 is 2.72 bits per heavy atom. The molecule has 2 N–H and O–H groups in total. The second-order valence-electron chi connectivity index (χ2n) is 7.79. The summed E-state index contributed by atoms with van der Waals surface area (Å²) in [6.45, 7) is 10.8. The highest BCUT2D eigenvalue weighted by Crippen LogP contribution is 2.42. The number of ether oxygens (including phenoxy) is 1. The van der Waals surface area contributed by atoms with E-state index in [1.165, 1.54) is 37.9 Å². The third-order valence-corrected chi connectivity index (χ3v) is 6.40. The maximum atomic E-state index is 10.1. The van der Waals surface area contributed by atoms with Crippen LogP contribution < -0.4 is 5.32 Å². The van der Waals surface area contributed by atoms with E-state index in [9.17, 15) is 5.11 Å². The number of aliphatic hydroxyl groups is 1. The summed E-state index contributed by atoms with van der Waals surface area (Å²) >= 11 is 2.17. The molecule has 1 saturated carbocycles. The van der Waals surface area contributed by atoms with E-state index in [4.69, 9.17) is 9.73 Å². The van der Waals surface area contributed by atoms with Crippen molar-refractivity contribution in [2.45, 2.75) is 63.7 Å². The van der Waals surface area contributed by atoms with Crippen LogP contribution in [-0.2, 0) is 4.74 Å². The molecule has 1 aliphatic heterocycles. The van der Waals surface area contributed by atoms with Crippen molar-refractivity contribution >= 4 is 17.7 Å². The summed E-state index contributed by atoms with van der Waals surface area (Å²) in [6, 6.07) is 0. The molecule has 25 heavy (non-hydrogen) atoms. The van der Waals surface area contributed by atoms with Crippen molar-refractivity contribution in [3.8, 4) is 0 Å². The quantitative estimate of drug-likeness (QED) is 0.532. The van der Waals surface area contributed by atoms with Gasteiger partial charge in [0.1, 0.15) is 0 Å². The van der Waals surface area contributed by atoms with Gasteiger partial charge >= 0.3 is 0 Å². The Kier molecular flexibility index (Phi) is 8.87. The maximum Gasteiger partial charge on any atom is 0.194 e. The molecule has 0 aromatic carbocycles. The zero-order valence-corrected chi connectivity index (χ0v) is 17.1. The highest BCUT2D eigenvalue weighted by Gasteiger charge is 2.38. The Bertz CT molecular complexity index is 406. The topological polar surface area (TPSA) is 57.1 Å². The summed E-state index contributed by atoms with van der Waals surface area (Å²) in [5.74, 6) is 2.62. The Morgan fingerprint density at radius 2 is 2.04 bits per heavy atom. The monoisotopic (exact) mass is 371 g/mol. The number of nitrogens with zero attached hydrogens (tertiary/aromatic N) is 2. The van der Waals surface area contributed by atoms with Crippen molar-refractivity contribution in [2.75, 3.05) is 45.1 Å². The SMILES string of the molecule is CCNC(=NCC(O)COCC(C)C)N1CCSC2(CCCCC2)C1. The van der Waals surface area contributed by atoms with Gasteiger partial charge in [-0.3, -0.25) is 4.99 Å². The summed E-state index contributed by atoms with van der Waals surface area (Å²) in [5, 5.41) is 13.6. The average molecular weight is 372 g/mol. The van der Waals surface area contributed by atoms with E-state index in [0.29, 0.717) is 30.4 Å². The van der Waals surface area contributed by atoms with Gasteiger partial charge in [0.15, 0.2) is 5.96 Å². The molecule has 1 aliphatic carbocycles. The maximum absolute atomic E-state index is 10.1. The van der Waals surface area contributed by atoms with Crippen LogP contribution in [0.15, 0.2) is 4.99 Å². The molecule has 1 unspecified atom stereocenters. The zero-order valence-electron chi connectivity index (χ0n) is 16.3. The minimum absolute atomic E-state index is 0.362. The lowest BCUT2D eigenvalue weighted by atomic mass is 9.87. The first kappa shape index (κ1) is 20.8. The largest absolute Gasteiger partial charge is 0.389 e. The number of nitrogens with one attached hydrogen (secondary N) is 1. The smallest absolute Gasteiger partial charge is 0.194 e. The molecule has 0 radical (unpaired) electrons. The van der Waals surface area contributed by atoms with Crippen LogP contribution in [0.1, 0.15) is 52.9 Å². The van der Waals surface area contributed by atoms with Gasteiger partial charge in [-0.1, -0.05) is 33.1 Å². The lowest BCUT2D eigenvalue weighted by Crippen LogP contribution is -2.53. The molecule has 1 saturated heterocycles. The number of rotatable bonds is 7. The third-order valence-electron chi connectivity index (χ3n) is 4.86. The van der Waals surface area contributed by atoms with Gasteiger partial charge in [0, 0.05) is 36.7 Å². The highest BCUT2D eigenvalue weighted by molar-refractivity contribution is 8.00. The summed E-state index contributed by atoms with van der Waals surface area (Å²) in [6.07, 6.45) is 6.24. The molecule has 0 amide bonds. The molecule has 1 atom stereocenters. The molecule has 5 nitrogen and oxygen atoms in total. The van der Waals surface area contributed by atoms with Gasteiger partial charge in [-0.25, -0.2) is 0 Å². The first-order valence-electron chi connectivity index (χ1n) is 9.98. The Balaban J connectivity index is 1.89. The van der Waals surface area contributed by atoms with E-state index in [1.807, 2.05) is 0 Å². The predicted octanol–water partition coefficient (Wildman–Crippen LogP) is 2.74. The standard InChI is InChI=1S/C19H37N3O2S/c1-4-20-18(21-12-17(23)14-24-13-16(2)3)22-10-11-25-19(15-22)8-6-5-7-9-19/h16-17,23H,4-15H2,1-3H3,(H,20,21). The molecular weight excluding hydrogens is 334 g/mol. The Morgan fingerprint density at radius 1 is 1.28 bits per heavy atom. The molecule has 0 aromatic rings. The first-order chi connectivity index (χ1) is 12.0. The fourth-order valence-corrected chi connectivity index (χ4v) is 5.20. The zero-order chi connectivity index (χ0) is 18.1. The van der Waals surface area contributed by atoms with E-state index in [-0.39, 0.29) is 0 Å². The lowest BCUT2D eigenvalue weighted by Gasteiger charge is -2.45. The summed E-state index contributed by atoms with van der Waals surface area (Å²) < 4.78 is 5.95. The van der Waals surface area contributed by atoms with Gasteiger partial charge in [-0.2, -0.15) is 11.8 Å². The van der Waals surface area contributed by atoms with E-state index >= 15 is 0 Å². The molecular formula is C19H37N3O2S. The van der Waals surface area contributed by atoms with Crippen molar-refractivity contribution in [1.29, 1.82) is 0 Å². The van der Waals surface area contributed by atoms with Gasteiger partial charge in [-0.15, -0.1) is 0 Å². The van der Waals surface area contributed by atoms with Crippen molar-refractivity contribution < 1.29 is 9.84 Å². The average Bonchev–Trinajstić information content (AvgIpc) is 2.59. The Hall–Kier alpha value is -0.460. The molecule has 2 aliphatic rings. The van der Waals surface area contributed by atoms with Crippen molar-refractivity contribution in [3.63, 3.8) is 0 Å². The van der Waals surface area contributed by atoms with Crippen LogP contribution in [-0.4, -0.2) is 72.0 Å². The summed E-state index contributed by atoms with van der Waals surface area (Å²) in [7, 11) is 0. The van der Waals surface area contributed by atoms with Gasteiger partial charge < -0.3 is 20.1 Å². The number of aliphatic imine (C=N–C) groups is 1. The van der Waals surface area contributed by atoms with Crippen molar-refractivity contribution in [3.05, 3.63) is 0 Å².